The number of hydrogen-bond donors (Lipinski definition) is 1. The van der Waals surface area contributed by atoms with Crippen LogP contribution < -0.4 is 5.32 Å². The van der Waals surface area contributed by atoms with Gasteiger partial charge < -0.3 is 10.1 Å². The fraction of sp³-hybridized carbons (Fsp3) is 1.00. The molecule has 0 rings (SSSR count). The largest absolute Gasteiger partial charge is 0.383 e. The third-order valence-electron chi connectivity index (χ3n) is 2.05. The first-order valence-electron chi connectivity index (χ1n) is 5.61. The van der Waals surface area contributed by atoms with Crippen LogP contribution in [0.3, 0.4) is 0 Å². The van der Waals surface area contributed by atoms with Crippen molar-refractivity contribution in [3.63, 3.8) is 0 Å². The predicted molar refractivity (Wildman–Crippen MR) is 66.2 cm³/mol. The number of unbranched alkanes of at least 4 members (excludes halogenated alkanes) is 2. The lowest BCUT2D eigenvalue weighted by molar-refractivity contribution is 0.173. The zero-order valence-corrected chi connectivity index (χ0v) is 10.7. The normalized spacial score (nSPS) is 13.1. The Balaban J connectivity index is 2.98. The Morgan fingerprint density at radius 2 is 2.07 bits per heavy atom. The van der Waals surface area contributed by atoms with E-state index in [1.54, 1.807) is 7.11 Å². The molecule has 0 radical (unpaired) electrons. The molecule has 0 saturated carbocycles. The van der Waals surface area contributed by atoms with Crippen molar-refractivity contribution in [2.24, 2.45) is 0 Å². The second-order valence-corrected chi connectivity index (χ2v) is 4.85. The molecule has 1 unspecified atom stereocenters. The minimum absolute atomic E-state index is 0.483. The van der Waals surface area contributed by atoms with E-state index in [0.717, 1.165) is 13.2 Å². The molecule has 0 bridgehead atoms. The van der Waals surface area contributed by atoms with Crippen LogP contribution in [0.2, 0.25) is 0 Å². The maximum Gasteiger partial charge on any atom is 0.0613 e. The van der Waals surface area contributed by atoms with Gasteiger partial charge >= 0.3 is 0 Å². The first-order valence-corrected chi connectivity index (χ1v) is 6.76. The summed E-state index contributed by atoms with van der Waals surface area (Å²) in [6, 6.07) is 0.483. The monoisotopic (exact) mass is 219 g/mol. The molecule has 0 saturated heterocycles. The molecular weight excluding hydrogens is 194 g/mol. The van der Waals surface area contributed by atoms with Crippen molar-refractivity contribution in [3.8, 4) is 0 Å². The molecule has 0 spiro atoms. The molecular formula is C11H25NOS. The van der Waals surface area contributed by atoms with Crippen LogP contribution in [0, 0.1) is 0 Å². The summed E-state index contributed by atoms with van der Waals surface area (Å²) in [7, 11) is 1.75. The van der Waals surface area contributed by atoms with Gasteiger partial charge in [-0.3, -0.25) is 0 Å². The van der Waals surface area contributed by atoms with Crippen molar-refractivity contribution in [3.05, 3.63) is 0 Å². The zero-order valence-electron chi connectivity index (χ0n) is 9.84. The Morgan fingerprint density at radius 1 is 1.29 bits per heavy atom. The van der Waals surface area contributed by atoms with Gasteiger partial charge in [-0.05, 0) is 19.1 Å². The highest BCUT2D eigenvalue weighted by atomic mass is 32.2. The fourth-order valence-electron chi connectivity index (χ4n) is 1.24. The maximum absolute atomic E-state index is 5.04. The third kappa shape index (κ3) is 10.4. The molecule has 1 atom stereocenters. The summed E-state index contributed by atoms with van der Waals surface area (Å²) >= 11 is 2.05. The van der Waals surface area contributed by atoms with Gasteiger partial charge in [0.25, 0.3) is 0 Å². The zero-order chi connectivity index (χ0) is 10.6. The molecule has 0 aromatic heterocycles. The summed E-state index contributed by atoms with van der Waals surface area (Å²) in [5, 5.41) is 3.43. The molecule has 0 aliphatic carbocycles. The van der Waals surface area contributed by atoms with E-state index < -0.39 is 0 Å². The van der Waals surface area contributed by atoms with E-state index >= 15 is 0 Å². The van der Waals surface area contributed by atoms with Gasteiger partial charge in [0.1, 0.15) is 0 Å². The highest BCUT2D eigenvalue weighted by Gasteiger charge is 1.98. The Labute approximate surface area is 93.2 Å². The van der Waals surface area contributed by atoms with Crippen molar-refractivity contribution in [2.75, 3.05) is 31.8 Å². The Morgan fingerprint density at radius 3 is 2.71 bits per heavy atom. The van der Waals surface area contributed by atoms with E-state index in [9.17, 15) is 0 Å². The Kier molecular flexibility index (Phi) is 11.6. The Bertz CT molecular complexity index is 111. The molecule has 3 heteroatoms. The number of hydrogen-bond acceptors (Lipinski definition) is 3. The van der Waals surface area contributed by atoms with Gasteiger partial charge in [-0.2, -0.15) is 11.8 Å². The summed E-state index contributed by atoms with van der Waals surface area (Å²) in [6.07, 6.45) is 4.07. The quantitative estimate of drug-likeness (QED) is 0.571. The van der Waals surface area contributed by atoms with Gasteiger partial charge in [0.15, 0.2) is 0 Å². The van der Waals surface area contributed by atoms with Crippen LogP contribution in [0.15, 0.2) is 0 Å². The average Bonchev–Trinajstić information content (AvgIpc) is 2.17. The van der Waals surface area contributed by atoms with E-state index in [1.165, 1.54) is 30.8 Å². The molecule has 0 aliphatic heterocycles. The fourth-order valence-corrected chi connectivity index (χ4v) is 2.12. The third-order valence-corrected chi connectivity index (χ3v) is 3.12. The molecule has 0 aromatic carbocycles. The SMILES string of the molecule is CCCCCSCCNC(C)COC. The van der Waals surface area contributed by atoms with Crippen molar-refractivity contribution in [2.45, 2.75) is 39.2 Å². The van der Waals surface area contributed by atoms with Gasteiger partial charge in [-0.25, -0.2) is 0 Å². The van der Waals surface area contributed by atoms with Gasteiger partial charge in [0.2, 0.25) is 0 Å². The predicted octanol–water partition coefficient (Wildman–Crippen LogP) is 2.53. The number of methoxy groups -OCH3 is 1. The van der Waals surface area contributed by atoms with Gasteiger partial charge in [-0.15, -0.1) is 0 Å². The summed E-state index contributed by atoms with van der Waals surface area (Å²) in [4.78, 5) is 0. The number of nitrogens with one attached hydrogen (secondary N) is 1. The second-order valence-electron chi connectivity index (χ2n) is 3.63. The molecule has 0 heterocycles. The van der Waals surface area contributed by atoms with E-state index in [1.807, 2.05) is 11.8 Å². The van der Waals surface area contributed by atoms with Crippen LogP contribution >= 0.6 is 11.8 Å². The first-order chi connectivity index (χ1) is 6.81. The molecule has 86 valence electrons. The van der Waals surface area contributed by atoms with Gasteiger partial charge in [0, 0.05) is 25.4 Å². The van der Waals surface area contributed by atoms with E-state index in [4.69, 9.17) is 4.74 Å². The van der Waals surface area contributed by atoms with Crippen molar-refractivity contribution in [1.82, 2.24) is 5.32 Å². The highest BCUT2D eigenvalue weighted by molar-refractivity contribution is 7.99. The van der Waals surface area contributed by atoms with Crippen molar-refractivity contribution in [1.29, 1.82) is 0 Å². The molecule has 0 aromatic rings. The first kappa shape index (κ1) is 14.3. The van der Waals surface area contributed by atoms with Gasteiger partial charge in [0.05, 0.1) is 6.61 Å². The van der Waals surface area contributed by atoms with Crippen LogP contribution in [-0.2, 0) is 4.74 Å². The van der Waals surface area contributed by atoms with E-state index in [2.05, 4.69) is 19.2 Å². The smallest absolute Gasteiger partial charge is 0.0613 e. The van der Waals surface area contributed by atoms with Crippen LogP contribution in [0.25, 0.3) is 0 Å². The van der Waals surface area contributed by atoms with E-state index in [0.29, 0.717) is 6.04 Å². The lowest BCUT2D eigenvalue weighted by Crippen LogP contribution is -2.31. The Hall–Kier alpha value is 0.270. The molecule has 0 fully saturated rings. The van der Waals surface area contributed by atoms with Crippen LogP contribution in [0.1, 0.15) is 33.1 Å². The minimum atomic E-state index is 0.483. The number of thioether (sulfide) groups is 1. The molecule has 0 amide bonds. The van der Waals surface area contributed by atoms with Crippen molar-refractivity contribution < 1.29 is 4.74 Å². The van der Waals surface area contributed by atoms with Crippen LogP contribution in [0.4, 0.5) is 0 Å². The molecule has 14 heavy (non-hydrogen) atoms. The minimum Gasteiger partial charge on any atom is -0.383 e. The van der Waals surface area contributed by atoms with Gasteiger partial charge in [-0.1, -0.05) is 19.8 Å². The number of rotatable bonds is 10. The van der Waals surface area contributed by atoms with Crippen molar-refractivity contribution >= 4 is 11.8 Å². The maximum atomic E-state index is 5.04. The number of ether oxygens (including phenoxy) is 1. The molecule has 1 N–H and O–H groups in total. The van der Waals surface area contributed by atoms with E-state index in [-0.39, 0.29) is 0 Å². The summed E-state index contributed by atoms with van der Waals surface area (Å²) < 4.78 is 5.04. The molecule has 2 nitrogen and oxygen atoms in total. The summed E-state index contributed by atoms with van der Waals surface area (Å²) in [5.74, 6) is 2.53. The highest BCUT2D eigenvalue weighted by Crippen LogP contribution is 2.04. The van der Waals surface area contributed by atoms with Crippen LogP contribution in [0.5, 0.6) is 0 Å². The standard InChI is InChI=1S/C11H25NOS/c1-4-5-6-8-14-9-7-12-11(2)10-13-3/h11-12H,4-10H2,1-3H3. The molecule has 0 aliphatic rings. The average molecular weight is 219 g/mol. The summed E-state index contributed by atoms with van der Waals surface area (Å²) in [6.45, 7) is 6.31. The van der Waals surface area contributed by atoms with Crippen LogP contribution in [-0.4, -0.2) is 37.8 Å². The topological polar surface area (TPSA) is 21.3 Å². The summed E-state index contributed by atoms with van der Waals surface area (Å²) in [5.41, 5.74) is 0. The lowest BCUT2D eigenvalue weighted by atomic mass is 10.3. The lowest BCUT2D eigenvalue weighted by Gasteiger charge is -2.11. The second kappa shape index (κ2) is 11.3.